The van der Waals surface area contributed by atoms with Crippen molar-refractivity contribution in [1.29, 1.82) is 0 Å². The summed E-state index contributed by atoms with van der Waals surface area (Å²) in [5, 5.41) is 10.1. The van der Waals surface area contributed by atoms with E-state index in [4.69, 9.17) is 9.47 Å². The van der Waals surface area contributed by atoms with Gasteiger partial charge in [0.1, 0.15) is 24.8 Å². The average Bonchev–Trinajstić information content (AvgIpc) is 3.89. The molecule has 0 fully saturated rings. The largest absolute Gasteiger partial charge is 0.377 e. The first-order valence-corrected chi connectivity index (χ1v) is 21.1. The minimum Gasteiger partial charge on any atom is -0.377 e. The van der Waals surface area contributed by atoms with Crippen LogP contribution < -0.4 is 4.90 Å². The van der Waals surface area contributed by atoms with E-state index in [1.165, 1.54) is 38.6 Å². The molecule has 1 aromatic heterocycles. The van der Waals surface area contributed by atoms with Gasteiger partial charge in [0.15, 0.2) is 21.6 Å². The predicted molar refractivity (Wildman–Crippen MR) is 226 cm³/mol. The second-order valence-electron chi connectivity index (χ2n) is 15.5. The molecule has 0 saturated heterocycles. The maximum atomic E-state index is 12.8. The third-order valence-electron chi connectivity index (χ3n) is 10.9. The zero-order valence-corrected chi connectivity index (χ0v) is 35.5. The lowest BCUT2D eigenvalue weighted by Crippen LogP contribution is -2.27. The van der Waals surface area contributed by atoms with Crippen molar-refractivity contribution in [3.05, 3.63) is 110 Å². The van der Waals surface area contributed by atoms with Gasteiger partial charge in [0, 0.05) is 77.7 Å². The van der Waals surface area contributed by atoms with Crippen molar-refractivity contribution in [2.45, 2.75) is 95.7 Å². The number of aromatic nitrogens is 2. The Morgan fingerprint density at radius 2 is 1.56 bits per heavy atom. The number of methoxy groups -OCH3 is 2. The van der Waals surface area contributed by atoms with Gasteiger partial charge < -0.3 is 14.4 Å². The molecule has 0 saturated carbocycles. The van der Waals surface area contributed by atoms with Crippen LogP contribution in [0.4, 0.5) is 11.4 Å². The van der Waals surface area contributed by atoms with Gasteiger partial charge >= 0.3 is 0 Å². The van der Waals surface area contributed by atoms with Crippen molar-refractivity contribution in [3.63, 3.8) is 0 Å². The first-order chi connectivity index (χ1) is 26.4. The van der Waals surface area contributed by atoms with E-state index in [1.54, 1.807) is 37.3 Å². The molecule has 0 N–H and O–H groups in total. The molecule has 0 spiro atoms. The lowest BCUT2D eigenvalue weighted by Gasteiger charge is -2.26. The number of rotatable bonds is 16. The zero-order valence-electron chi connectivity index (χ0n) is 33.9. The molecule has 290 valence electrons. The van der Waals surface area contributed by atoms with Crippen LogP contribution in [0.15, 0.2) is 86.8 Å². The molecule has 10 heteroatoms. The van der Waals surface area contributed by atoms with Crippen molar-refractivity contribution in [2.24, 2.45) is 0 Å². The molecular formula is C45H55N4O4S2+. The summed E-state index contributed by atoms with van der Waals surface area (Å²) in [6.45, 7) is 17.5. The lowest BCUT2D eigenvalue weighted by molar-refractivity contribution is -0.437. The Labute approximate surface area is 335 Å². The van der Waals surface area contributed by atoms with Crippen molar-refractivity contribution in [2.75, 3.05) is 45.4 Å². The summed E-state index contributed by atoms with van der Waals surface area (Å²) in [6.07, 6.45) is 13.9. The quantitative estimate of drug-likeness (QED) is 0.105. The number of aryl methyl sites for hydroxylation is 1. The fraction of sp³-hybridized carbons (Fsp3) is 0.444. The van der Waals surface area contributed by atoms with Crippen LogP contribution in [0.2, 0.25) is 0 Å². The van der Waals surface area contributed by atoms with Crippen LogP contribution in [0.5, 0.6) is 0 Å². The summed E-state index contributed by atoms with van der Waals surface area (Å²) in [5.41, 5.74) is 10.6. The Morgan fingerprint density at radius 1 is 0.873 bits per heavy atom. The Hall–Kier alpha value is -3.96. The van der Waals surface area contributed by atoms with Gasteiger partial charge in [-0.25, -0.2) is 0 Å². The molecule has 6 rings (SSSR count). The average molecular weight is 780 g/mol. The van der Waals surface area contributed by atoms with Gasteiger partial charge in [-0.2, -0.15) is 4.58 Å². The van der Waals surface area contributed by atoms with Gasteiger partial charge in [-0.1, -0.05) is 94.1 Å². The molecule has 0 unspecified atom stereocenters. The number of allylic oxidation sites excluding steroid dienone is 7. The van der Waals surface area contributed by atoms with Gasteiger partial charge in [-0.3, -0.25) is 9.59 Å². The minimum atomic E-state index is -0.242. The fourth-order valence-corrected chi connectivity index (χ4v) is 10.2. The number of Topliss-reactive ketones (excluding diaryl/α,β-unsaturated/α-hetero) is 2. The number of benzene rings is 2. The van der Waals surface area contributed by atoms with Gasteiger partial charge in [-0.15, -0.1) is 10.2 Å². The van der Waals surface area contributed by atoms with E-state index < -0.39 is 0 Å². The van der Waals surface area contributed by atoms with Crippen molar-refractivity contribution in [1.82, 2.24) is 10.2 Å². The van der Waals surface area contributed by atoms with E-state index in [9.17, 15) is 9.59 Å². The van der Waals surface area contributed by atoms with Gasteiger partial charge in [-0.05, 0) is 68.4 Å². The van der Waals surface area contributed by atoms with Gasteiger partial charge in [0.25, 0.3) is 0 Å². The molecule has 0 radical (unpaired) electrons. The van der Waals surface area contributed by atoms with E-state index in [0.29, 0.717) is 11.1 Å². The van der Waals surface area contributed by atoms with Crippen LogP contribution >= 0.6 is 23.1 Å². The molecule has 2 aliphatic heterocycles. The number of fused-ring (bicyclic) bond motifs is 2. The molecule has 0 bridgehead atoms. The molecule has 8 nitrogen and oxygen atoms in total. The highest BCUT2D eigenvalue weighted by molar-refractivity contribution is 8.04. The smallest absolute Gasteiger partial charge is 0.210 e. The third kappa shape index (κ3) is 8.01. The van der Waals surface area contributed by atoms with Gasteiger partial charge in [0.05, 0.1) is 5.41 Å². The van der Waals surface area contributed by atoms with Crippen LogP contribution in [-0.4, -0.2) is 72.6 Å². The molecule has 1 aliphatic carbocycles. The second kappa shape index (κ2) is 17.0. The standard InChI is InChI=1S/C45H55N4O4S2/c1-10-23-48-35-25-31(37(50)27-52-8)15-19-33(35)44(4,5)39(48)21-17-29-13-14-30(42(29)55-43-47-46-41(12-3)54-43)18-22-40-45(6,7)34-20-16-32(38(51)28-53-9)26-36(34)49(40)24-11-2/h15-22,25-26H,10-14,23-24,27-28H2,1-9H3/q+1. The van der Waals surface area contributed by atoms with E-state index in [2.05, 4.69) is 105 Å². The molecule has 55 heavy (non-hydrogen) atoms. The molecule has 3 aliphatic rings. The van der Waals surface area contributed by atoms with Crippen LogP contribution in [0.1, 0.15) is 111 Å². The highest BCUT2D eigenvalue weighted by Gasteiger charge is 2.45. The number of carbonyl (C=O) groups is 2. The van der Waals surface area contributed by atoms with Crippen molar-refractivity contribution >= 4 is 51.8 Å². The monoisotopic (exact) mass is 779 g/mol. The molecule has 2 aromatic carbocycles. The summed E-state index contributed by atoms with van der Waals surface area (Å²) in [7, 11) is 3.12. The third-order valence-corrected chi connectivity index (χ3v) is 13.3. The predicted octanol–water partition coefficient (Wildman–Crippen LogP) is 9.96. The topological polar surface area (TPSA) is 84.6 Å². The summed E-state index contributed by atoms with van der Waals surface area (Å²) in [4.78, 5) is 29.3. The maximum absolute atomic E-state index is 12.8. The van der Waals surface area contributed by atoms with E-state index in [0.717, 1.165) is 65.9 Å². The number of anilines is 1. The molecule has 0 atom stereocenters. The number of hydrogen-bond donors (Lipinski definition) is 0. The van der Waals surface area contributed by atoms with Crippen LogP contribution in [-0.2, 0) is 26.7 Å². The first-order valence-electron chi connectivity index (χ1n) is 19.5. The number of carbonyl (C=O) groups excluding carboxylic acids is 2. The Morgan fingerprint density at radius 3 is 2.20 bits per heavy atom. The number of hydrogen-bond acceptors (Lipinski definition) is 9. The van der Waals surface area contributed by atoms with Crippen LogP contribution in [0, 0.1) is 0 Å². The van der Waals surface area contributed by atoms with E-state index in [1.807, 2.05) is 24.3 Å². The normalized spacial score (nSPS) is 18.7. The lowest BCUT2D eigenvalue weighted by atomic mass is 9.81. The molecule has 3 aromatic rings. The SMILES string of the molecule is CCCN1/C(=C/C=C2\CCC(/C=C/C3=[N+](CCC)c4cc(C(=O)COC)ccc4C3(C)C)=C2Sc2nnc(CC)s2)C(C)(C)c2ccc(C(=O)COC)cc21. The van der Waals surface area contributed by atoms with E-state index in [-0.39, 0.29) is 35.6 Å². The second-order valence-corrected chi connectivity index (χ2v) is 17.8. The molecule has 0 amide bonds. The van der Waals surface area contributed by atoms with Crippen molar-refractivity contribution in [3.8, 4) is 0 Å². The highest BCUT2D eigenvalue weighted by atomic mass is 32.2. The number of ether oxygens (including phenoxy) is 2. The Kier molecular flexibility index (Phi) is 12.6. The summed E-state index contributed by atoms with van der Waals surface area (Å²) < 4.78 is 13.7. The Balaban J connectivity index is 1.42. The Bertz CT molecular complexity index is 2130. The maximum Gasteiger partial charge on any atom is 0.210 e. The van der Waals surface area contributed by atoms with E-state index >= 15 is 0 Å². The summed E-state index contributed by atoms with van der Waals surface area (Å²) in [6, 6.07) is 12.2. The van der Waals surface area contributed by atoms with Crippen LogP contribution in [0.3, 0.4) is 0 Å². The number of nitrogens with zero attached hydrogens (tertiary/aromatic N) is 4. The number of ketones is 2. The zero-order chi connectivity index (χ0) is 39.5. The number of thioether (sulfide) groups is 1. The molecular weight excluding hydrogens is 725 g/mol. The summed E-state index contributed by atoms with van der Waals surface area (Å²) >= 11 is 3.39. The summed E-state index contributed by atoms with van der Waals surface area (Å²) in [5.74, 6) is -0.0220. The fourth-order valence-electron chi connectivity index (χ4n) is 8.10. The minimum absolute atomic E-state index is 0.0110. The van der Waals surface area contributed by atoms with Crippen LogP contribution in [0.25, 0.3) is 0 Å². The molecule has 3 heterocycles. The van der Waals surface area contributed by atoms with Gasteiger partial charge in [0.2, 0.25) is 5.69 Å². The highest BCUT2D eigenvalue weighted by Crippen LogP contribution is 2.49. The van der Waals surface area contributed by atoms with Crippen molar-refractivity contribution < 1.29 is 23.6 Å². The first kappa shape index (κ1) is 40.7.